The fourth-order valence-corrected chi connectivity index (χ4v) is 5.57. The van der Waals surface area contributed by atoms with Crippen molar-refractivity contribution < 1.29 is 39.1 Å². The summed E-state index contributed by atoms with van der Waals surface area (Å²) in [6.45, 7) is 3.68. The van der Waals surface area contributed by atoms with Crippen LogP contribution in [0.1, 0.15) is 75.8 Å². The van der Waals surface area contributed by atoms with Gasteiger partial charge in [0.1, 0.15) is 17.2 Å². The molecule has 0 aromatic heterocycles. The molecule has 1 heterocycles. The van der Waals surface area contributed by atoms with Crippen molar-refractivity contribution in [3.63, 3.8) is 0 Å². The number of phenols is 2. The first kappa shape index (κ1) is 23.7. The lowest BCUT2D eigenvalue weighted by Crippen LogP contribution is -2.52. The number of methoxy groups -OCH3 is 1. The van der Waals surface area contributed by atoms with Crippen molar-refractivity contribution in [2.45, 2.75) is 63.8 Å². The third-order valence-electron chi connectivity index (χ3n) is 7.32. The van der Waals surface area contributed by atoms with Gasteiger partial charge in [0.2, 0.25) is 5.78 Å². The third-order valence-corrected chi connectivity index (χ3v) is 7.32. The number of aliphatic hydroxyl groups excluding tert-OH is 1. The maximum absolute atomic E-state index is 13.6. The third kappa shape index (κ3) is 3.61. The molecule has 2 aliphatic carbocycles. The van der Waals surface area contributed by atoms with Crippen molar-refractivity contribution in [2.24, 2.45) is 11.7 Å². The summed E-state index contributed by atoms with van der Waals surface area (Å²) in [6.07, 6.45) is -1.70. The zero-order chi connectivity index (χ0) is 25.2. The topological polar surface area (TPSA) is 149 Å². The molecule has 1 fully saturated rings. The van der Waals surface area contributed by atoms with Crippen LogP contribution in [0.15, 0.2) is 18.2 Å². The van der Waals surface area contributed by atoms with Crippen LogP contribution in [0.4, 0.5) is 0 Å². The number of aromatic hydroxyl groups is 2. The van der Waals surface area contributed by atoms with E-state index in [1.807, 2.05) is 6.92 Å². The van der Waals surface area contributed by atoms with Crippen LogP contribution in [0.5, 0.6) is 17.2 Å². The van der Waals surface area contributed by atoms with E-state index in [1.165, 1.54) is 13.2 Å². The van der Waals surface area contributed by atoms with E-state index in [0.717, 1.165) is 0 Å². The Morgan fingerprint density at radius 1 is 1.03 bits per heavy atom. The number of hydrogen-bond donors (Lipinski definition) is 4. The second kappa shape index (κ2) is 8.60. The first-order valence-corrected chi connectivity index (χ1v) is 11.8. The summed E-state index contributed by atoms with van der Waals surface area (Å²) >= 11 is 0. The molecule has 0 amide bonds. The van der Waals surface area contributed by atoms with Gasteiger partial charge in [-0.3, -0.25) is 9.59 Å². The van der Waals surface area contributed by atoms with E-state index in [2.05, 4.69) is 0 Å². The average Bonchev–Trinajstić information content (AvgIpc) is 2.82. The number of aliphatic hydroxyl groups is 1. The minimum absolute atomic E-state index is 0.0493. The van der Waals surface area contributed by atoms with Gasteiger partial charge in [0.25, 0.3) is 0 Å². The molecule has 1 unspecified atom stereocenters. The van der Waals surface area contributed by atoms with Crippen LogP contribution in [0, 0.1) is 5.92 Å². The quantitative estimate of drug-likeness (QED) is 0.412. The SMILES string of the molecule is COc1cccc2c1C(=O)c1c(O)c3c(c(O)c1C2=O)CC(C)C[C@@H]3O[C@@H]1C[C@@H](N)[C@@H](O)[C@@H](C)O1. The Morgan fingerprint density at radius 3 is 2.43 bits per heavy atom. The van der Waals surface area contributed by atoms with E-state index >= 15 is 0 Å². The lowest BCUT2D eigenvalue weighted by Gasteiger charge is -2.40. The molecule has 186 valence electrons. The summed E-state index contributed by atoms with van der Waals surface area (Å²) in [4.78, 5) is 27.0. The lowest BCUT2D eigenvalue weighted by atomic mass is 9.75. The Morgan fingerprint density at radius 2 is 1.74 bits per heavy atom. The molecule has 0 radical (unpaired) electrons. The van der Waals surface area contributed by atoms with Crippen molar-refractivity contribution in [1.82, 2.24) is 0 Å². The van der Waals surface area contributed by atoms with Crippen molar-refractivity contribution >= 4 is 11.6 Å². The summed E-state index contributed by atoms with van der Waals surface area (Å²) in [5, 5.41) is 32.8. The first-order valence-electron chi connectivity index (χ1n) is 11.8. The molecule has 3 aliphatic rings. The van der Waals surface area contributed by atoms with Gasteiger partial charge in [-0.2, -0.15) is 0 Å². The molecule has 5 rings (SSSR count). The van der Waals surface area contributed by atoms with Crippen molar-refractivity contribution in [1.29, 1.82) is 0 Å². The Hall–Kier alpha value is -2.98. The summed E-state index contributed by atoms with van der Waals surface area (Å²) in [7, 11) is 1.39. The van der Waals surface area contributed by atoms with E-state index in [0.29, 0.717) is 18.4 Å². The van der Waals surface area contributed by atoms with Crippen LogP contribution < -0.4 is 10.5 Å². The number of ether oxygens (including phenoxy) is 3. The van der Waals surface area contributed by atoms with Gasteiger partial charge in [0, 0.05) is 29.2 Å². The molecule has 1 saturated heterocycles. The Labute approximate surface area is 202 Å². The number of carbonyl (C=O) groups is 2. The molecule has 9 nitrogen and oxygen atoms in total. The predicted octanol–water partition coefficient (Wildman–Crippen LogP) is 2.34. The monoisotopic (exact) mass is 483 g/mol. The van der Waals surface area contributed by atoms with Crippen molar-refractivity contribution in [3.05, 3.63) is 51.6 Å². The van der Waals surface area contributed by atoms with Crippen LogP contribution in [0.3, 0.4) is 0 Å². The maximum atomic E-state index is 13.6. The molecule has 2 aromatic rings. The van der Waals surface area contributed by atoms with Gasteiger partial charge in [-0.15, -0.1) is 0 Å². The number of carbonyl (C=O) groups excluding carboxylic acids is 2. The molecule has 0 saturated carbocycles. The van der Waals surface area contributed by atoms with E-state index in [4.69, 9.17) is 19.9 Å². The smallest absolute Gasteiger partial charge is 0.202 e. The van der Waals surface area contributed by atoms with Crippen LogP contribution in [0.2, 0.25) is 0 Å². The Kier molecular flexibility index (Phi) is 5.83. The maximum Gasteiger partial charge on any atom is 0.202 e. The largest absolute Gasteiger partial charge is 0.507 e. The molecule has 5 N–H and O–H groups in total. The van der Waals surface area contributed by atoms with Gasteiger partial charge < -0.3 is 35.3 Å². The van der Waals surface area contributed by atoms with Gasteiger partial charge in [-0.1, -0.05) is 19.1 Å². The Bertz CT molecular complexity index is 1210. The average molecular weight is 484 g/mol. The number of nitrogens with two attached hydrogens (primary N) is 1. The summed E-state index contributed by atoms with van der Waals surface area (Å²) in [6, 6.07) is 4.13. The zero-order valence-corrected chi connectivity index (χ0v) is 19.8. The van der Waals surface area contributed by atoms with E-state index in [1.54, 1.807) is 19.1 Å². The number of rotatable bonds is 3. The highest BCUT2D eigenvalue weighted by Gasteiger charge is 2.43. The van der Waals surface area contributed by atoms with Crippen LogP contribution in [-0.4, -0.2) is 58.5 Å². The van der Waals surface area contributed by atoms with Crippen LogP contribution >= 0.6 is 0 Å². The van der Waals surface area contributed by atoms with Crippen molar-refractivity contribution in [2.75, 3.05) is 7.11 Å². The van der Waals surface area contributed by atoms with E-state index in [-0.39, 0.29) is 57.4 Å². The number of fused-ring (bicyclic) bond motifs is 3. The molecule has 35 heavy (non-hydrogen) atoms. The Balaban J connectivity index is 1.62. The fraction of sp³-hybridized carbons (Fsp3) is 0.462. The second-order valence-corrected chi connectivity index (χ2v) is 9.71. The number of ketones is 2. The molecule has 0 bridgehead atoms. The lowest BCUT2D eigenvalue weighted by molar-refractivity contribution is -0.243. The first-order chi connectivity index (χ1) is 16.6. The van der Waals surface area contributed by atoms with E-state index in [9.17, 15) is 24.9 Å². The summed E-state index contributed by atoms with van der Waals surface area (Å²) < 4.78 is 17.3. The second-order valence-electron chi connectivity index (χ2n) is 9.71. The highest BCUT2D eigenvalue weighted by molar-refractivity contribution is 6.31. The molecular formula is C26H29NO8. The molecule has 1 aliphatic heterocycles. The predicted molar refractivity (Wildman–Crippen MR) is 124 cm³/mol. The van der Waals surface area contributed by atoms with Crippen LogP contribution in [-0.2, 0) is 15.9 Å². The van der Waals surface area contributed by atoms with Crippen LogP contribution in [0.25, 0.3) is 0 Å². The number of phenolic OH excluding ortho intramolecular Hbond substituents is 2. The summed E-state index contributed by atoms with van der Waals surface area (Å²) in [5.74, 6) is -1.59. The van der Waals surface area contributed by atoms with Crippen molar-refractivity contribution in [3.8, 4) is 17.2 Å². The molecule has 9 heteroatoms. The number of benzene rings is 2. The minimum Gasteiger partial charge on any atom is -0.507 e. The fourth-order valence-electron chi connectivity index (χ4n) is 5.57. The van der Waals surface area contributed by atoms with Gasteiger partial charge in [0.15, 0.2) is 12.1 Å². The van der Waals surface area contributed by atoms with Gasteiger partial charge in [-0.05, 0) is 31.7 Å². The molecule has 0 spiro atoms. The minimum atomic E-state index is -0.824. The molecule has 2 aromatic carbocycles. The molecular weight excluding hydrogens is 454 g/mol. The van der Waals surface area contributed by atoms with E-state index < -0.39 is 42.2 Å². The normalized spacial score (nSPS) is 29.9. The van der Waals surface area contributed by atoms with Gasteiger partial charge in [0.05, 0.1) is 42.1 Å². The van der Waals surface area contributed by atoms with Gasteiger partial charge >= 0.3 is 0 Å². The highest BCUT2D eigenvalue weighted by Crippen LogP contribution is 2.51. The zero-order valence-electron chi connectivity index (χ0n) is 19.8. The summed E-state index contributed by atoms with van der Waals surface area (Å²) in [5.41, 5.74) is 6.41. The molecule has 6 atom stereocenters. The number of hydrogen-bond acceptors (Lipinski definition) is 9. The standard InChI is InChI=1S/C26H29NO8/c1-10-7-13-19(16(8-10)35-17-9-14(27)22(28)11(2)34-17)26(32)21-20(24(13)30)23(29)12-5-4-6-15(33-3)18(12)25(21)31/h4-6,10-11,14,16-17,22,28,30,32H,7-9,27H2,1-3H3/t10?,11-,14-,16+,17-,22+/m1/s1. The van der Waals surface area contributed by atoms with Gasteiger partial charge in [-0.25, -0.2) is 0 Å². The highest BCUT2D eigenvalue weighted by atomic mass is 16.7.